The molecule has 0 spiro atoms. The maximum atomic E-state index is 10.6. The standard InChI is InChI=1S/C5H12N2O2/c1-3-9-5(8)4(2)7-6/h4,7H,3,6H2,1-2H3/t4-/m0/s1. The number of esters is 1. The molecule has 0 unspecified atom stereocenters. The van der Waals surface area contributed by atoms with Crippen LogP contribution in [0.4, 0.5) is 0 Å². The number of carbonyl (C=O) groups excluding carboxylic acids is 1. The first-order chi connectivity index (χ1) is 4.22. The van der Waals surface area contributed by atoms with Crippen LogP contribution < -0.4 is 11.3 Å². The van der Waals surface area contributed by atoms with E-state index in [1.807, 2.05) is 0 Å². The number of hydrazine groups is 1. The average molecular weight is 132 g/mol. The van der Waals surface area contributed by atoms with Crippen LogP contribution in [-0.2, 0) is 9.53 Å². The molecule has 0 saturated heterocycles. The van der Waals surface area contributed by atoms with Gasteiger partial charge in [-0.2, -0.15) is 0 Å². The maximum Gasteiger partial charge on any atom is 0.324 e. The van der Waals surface area contributed by atoms with Crippen LogP contribution in [0, 0.1) is 0 Å². The molecule has 0 aromatic rings. The summed E-state index contributed by atoms with van der Waals surface area (Å²) in [6.07, 6.45) is 0. The predicted molar refractivity (Wildman–Crippen MR) is 33.4 cm³/mol. The van der Waals surface area contributed by atoms with E-state index in [1.165, 1.54) is 0 Å². The SMILES string of the molecule is CCOC(=O)[C@H](C)NN. The first-order valence-electron chi connectivity index (χ1n) is 2.85. The fourth-order valence-electron chi connectivity index (χ4n) is 0.335. The van der Waals surface area contributed by atoms with Crippen molar-refractivity contribution in [2.24, 2.45) is 5.84 Å². The van der Waals surface area contributed by atoms with Crippen LogP contribution in [0.5, 0.6) is 0 Å². The number of nitrogens with two attached hydrogens (primary N) is 1. The zero-order valence-corrected chi connectivity index (χ0v) is 5.68. The van der Waals surface area contributed by atoms with E-state index < -0.39 is 6.04 Å². The average Bonchev–Trinajstić information content (AvgIpc) is 1.87. The highest BCUT2D eigenvalue weighted by atomic mass is 16.5. The summed E-state index contributed by atoms with van der Waals surface area (Å²) in [5.74, 6) is 4.63. The maximum absolute atomic E-state index is 10.6. The quantitative estimate of drug-likeness (QED) is 0.306. The third-order valence-electron chi connectivity index (χ3n) is 0.890. The van der Waals surface area contributed by atoms with Gasteiger partial charge in [0, 0.05) is 0 Å². The third kappa shape index (κ3) is 3.05. The van der Waals surface area contributed by atoms with Gasteiger partial charge in [0.25, 0.3) is 0 Å². The van der Waals surface area contributed by atoms with Gasteiger partial charge in [0.1, 0.15) is 6.04 Å². The van der Waals surface area contributed by atoms with E-state index in [4.69, 9.17) is 5.84 Å². The highest BCUT2D eigenvalue weighted by Crippen LogP contribution is 1.83. The van der Waals surface area contributed by atoms with E-state index in [0.29, 0.717) is 6.61 Å². The van der Waals surface area contributed by atoms with Crippen molar-refractivity contribution < 1.29 is 9.53 Å². The molecular formula is C5H12N2O2. The molecule has 0 aliphatic heterocycles. The summed E-state index contributed by atoms with van der Waals surface area (Å²) in [7, 11) is 0. The first-order valence-corrected chi connectivity index (χ1v) is 2.85. The number of rotatable bonds is 3. The molecule has 9 heavy (non-hydrogen) atoms. The normalized spacial score (nSPS) is 12.8. The summed E-state index contributed by atoms with van der Waals surface area (Å²) in [6, 6.07) is -0.412. The highest BCUT2D eigenvalue weighted by Gasteiger charge is 2.09. The van der Waals surface area contributed by atoms with Gasteiger partial charge in [-0.25, -0.2) is 5.43 Å². The van der Waals surface area contributed by atoms with Crippen molar-refractivity contribution in [1.29, 1.82) is 0 Å². The summed E-state index contributed by atoms with van der Waals surface area (Å²) in [5.41, 5.74) is 2.27. The lowest BCUT2D eigenvalue weighted by molar-refractivity contribution is -0.145. The van der Waals surface area contributed by atoms with Gasteiger partial charge >= 0.3 is 5.97 Å². The fraction of sp³-hybridized carbons (Fsp3) is 0.800. The lowest BCUT2D eigenvalue weighted by Crippen LogP contribution is -2.39. The number of hydrogen-bond acceptors (Lipinski definition) is 4. The molecule has 0 aliphatic rings. The lowest BCUT2D eigenvalue weighted by atomic mass is 10.4. The molecule has 0 radical (unpaired) electrons. The van der Waals surface area contributed by atoms with Crippen LogP contribution in [0.3, 0.4) is 0 Å². The molecule has 0 aromatic heterocycles. The Morgan fingerprint density at radius 3 is 2.78 bits per heavy atom. The first kappa shape index (κ1) is 8.39. The molecule has 0 bridgehead atoms. The van der Waals surface area contributed by atoms with Crippen LogP contribution in [0.15, 0.2) is 0 Å². The van der Waals surface area contributed by atoms with Crippen molar-refractivity contribution in [1.82, 2.24) is 5.43 Å². The van der Waals surface area contributed by atoms with E-state index in [0.717, 1.165) is 0 Å². The van der Waals surface area contributed by atoms with Crippen molar-refractivity contribution in [3.8, 4) is 0 Å². The van der Waals surface area contributed by atoms with Crippen molar-refractivity contribution in [2.45, 2.75) is 19.9 Å². The molecule has 0 heterocycles. The van der Waals surface area contributed by atoms with E-state index in [1.54, 1.807) is 13.8 Å². The molecule has 0 aliphatic carbocycles. The van der Waals surface area contributed by atoms with Crippen molar-refractivity contribution in [3.63, 3.8) is 0 Å². The van der Waals surface area contributed by atoms with Gasteiger partial charge < -0.3 is 4.74 Å². The Morgan fingerprint density at radius 1 is 1.89 bits per heavy atom. The molecule has 0 aromatic carbocycles. The van der Waals surface area contributed by atoms with E-state index in [9.17, 15) is 4.79 Å². The molecule has 4 nitrogen and oxygen atoms in total. The van der Waals surface area contributed by atoms with Crippen LogP contribution >= 0.6 is 0 Å². The molecule has 54 valence electrons. The molecule has 0 fully saturated rings. The van der Waals surface area contributed by atoms with Gasteiger partial charge in [0.2, 0.25) is 0 Å². The Hall–Kier alpha value is -0.610. The minimum absolute atomic E-state index is 0.319. The summed E-state index contributed by atoms with van der Waals surface area (Å²) < 4.78 is 4.61. The zero-order chi connectivity index (χ0) is 7.28. The Labute approximate surface area is 54.3 Å². The Balaban J connectivity index is 3.46. The van der Waals surface area contributed by atoms with E-state index >= 15 is 0 Å². The predicted octanol–water partition coefficient (Wildman–Crippen LogP) is -0.599. The van der Waals surface area contributed by atoms with Crippen LogP contribution in [0.2, 0.25) is 0 Å². The second kappa shape index (κ2) is 4.29. The molecular weight excluding hydrogens is 120 g/mol. The smallest absolute Gasteiger partial charge is 0.324 e. The van der Waals surface area contributed by atoms with Gasteiger partial charge in [0.15, 0.2) is 0 Å². The molecule has 1 atom stereocenters. The summed E-state index contributed by atoms with van der Waals surface area (Å²) in [4.78, 5) is 10.6. The van der Waals surface area contributed by atoms with E-state index in [2.05, 4.69) is 10.2 Å². The van der Waals surface area contributed by atoms with Gasteiger partial charge in [-0.05, 0) is 13.8 Å². The molecule has 3 N–H and O–H groups in total. The number of hydrogen-bond donors (Lipinski definition) is 2. The lowest BCUT2D eigenvalue weighted by Gasteiger charge is -2.07. The largest absolute Gasteiger partial charge is 0.465 e. The van der Waals surface area contributed by atoms with E-state index in [-0.39, 0.29) is 5.97 Å². The van der Waals surface area contributed by atoms with Gasteiger partial charge in [-0.3, -0.25) is 10.6 Å². The Bertz CT molecular complexity index is 95.0. The number of ether oxygens (including phenoxy) is 1. The highest BCUT2D eigenvalue weighted by molar-refractivity contribution is 5.75. The summed E-state index contributed by atoms with van der Waals surface area (Å²) >= 11 is 0. The Kier molecular flexibility index (Phi) is 4.00. The molecule has 4 heteroatoms. The second-order valence-electron chi connectivity index (χ2n) is 1.64. The molecule has 0 rings (SSSR count). The fourth-order valence-corrected chi connectivity index (χ4v) is 0.335. The Morgan fingerprint density at radius 2 is 2.44 bits per heavy atom. The van der Waals surface area contributed by atoms with Crippen LogP contribution in [0.1, 0.15) is 13.8 Å². The number of nitrogens with one attached hydrogen (secondary N) is 1. The summed E-state index contributed by atoms with van der Waals surface area (Å²) in [6.45, 7) is 3.78. The minimum atomic E-state index is -0.412. The molecule has 0 saturated carbocycles. The summed E-state index contributed by atoms with van der Waals surface area (Å²) in [5, 5.41) is 0. The third-order valence-corrected chi connectivity index (χ3v) is 0.890. The monoisotopic (exact) mass is 132 g/mol. The van der Waals surface area contributed by atoms with Crippen molar-refractivity contribution in [2.75, 3.05) is 6.61 Å². The topological polar surface area (TPSA) is 64.3 Å². The zero-order valence-electron chi connectivity index (χ0n) is 5.68. The van der Waals surface area contributed by atoms with Gasteiger partial charge in [-0.15, -0.1) is 0 Å². The van der Waals surface area contributed by atoms with Gasteiger partial charge in [0.05, 0.1) is 6.61 Å². The van der Waals surface area contributed by atoms with Gasteiger partial charge in [-0.1, -0.05) is 0 Å². The molecule has 0 amide bonds. The minimum Gasteiger partial charge on any atom is -0.465 e. The number of carbonyl (C=O) groups is 1. The van der Waals surface area contributed by atoms with Crippen molar-refractivity contribution in [3.05, 3.63) is 0 Å². The van der Waals surface area contributed by atoms with Crippen LogP contribution in [-0.4, -0.2) is 18.6 Å². The van der Waals surface area contributed by atoms with Crippen molar-refractivity contribution >= 4 is 5.97 Å². The second-order valence-corrected chi connectivity index (χ2v) is 1.64. The van der Waals surface area contributed by atoms with Crippen LogP contribution in [0.25, 0.3) is 0 Å².